The second-order valence-corrected chi connectivity index (χ2v) is 14.4. The predicted octanol–water partition coefficient (Wildman–Crippen LogP) is 8.27. The van der Waals surface area contributed by atoms with Crippen molar-refractivity contribution in [3.8, 4) is 11.3 Å². The van der Waals surface area contributed by atoms with E-state index in [4.69, 9.17) is 4.42 Å². The van der Waals surface area contributed by atoms with Crippen molar-refractivity contribution in [2.24, 2.45) is 0 Å². The normalized spacial score (nSPS) is 20.9. The third-order valence-electron chi connectivity index (χ3n) is 10.9. The predicted molar refractivity (Wildman–Crippen MR) is 197 cm³/mol. The Morgan fingerprint density at radius 3 is 2.04 bits per heavy atom. The Bertz CT molecular complexity index is 2000. The molecule has 4 nitrogen and oxygen atoms in total. The van der Waals surface area contributed by atoms with Gasteiger partial charge in [-0.2, -0.15) is 0 Å². The van der Waals surface area contributed by atoms with E-state index in [9.17, 15) is 0 Å². The zero-order chi connectivity index (χ0) is 33.1. The summed E-state index contributed by atoms with van der Waals surface area (Å²) in [6.45, 7) is 21.1. The Labute approximate surface area is 281 Å². The fraction of sp³-hybridized carbons (Fsp3) is 0.372. The number of anilines is 2. The maximum atomic E-state index is 7.00. The molecule has 5 aliphatic rings. The van der Waals surface area contributed by atoms with Crippen molar-refractivity contribution in [2.45, 2.75) is 85.5 Å². The Hall–Kier alpha value is -4.31. The summed E-state index contributed by atoms with van der Waals surface area (Å²) >= 11 is 0. The minimum Gasteiger partial charge on any atom is -0.456 e. The molecule has 0 bridgehead atoms. The van der Waals surface area contributed by atoms with Crippen LogP contribution in [0.5, 0.6) is 0 Å². The van der Waals surface area contributed by atoms with Crippen LogP contribution in [0.15, 0.2) is 88.6 Å². The summed E-state index contributed by atoms with van der Waals surface area (Å²) in [6.07, 6.45) is 10.4. The Morgan fingerprint density at radius 2 is 1.40 bits per heavy atom. The van der Waals surface area contributed by atoms with Gasteiger partial charge in [-0.25, -0.2) is 4.99 Å². The molecule has 0 saturated heterocycles. The molecule has 0 saturated carbocycles. The molecule has 47 heavy (non-hydrogen) atoms. The van der Waals surface area contributed by atoms with Crippen LogP contribution in [0.2, 0.25) is 0 Å². The number of para-hydroxylation sites is 2. The first-order valence-electron chi connectivity index (χ1n) is 17.7. The molecule has 242 valence electrons. The van der Waals surface area contributed by atoms with Gasteiger partial charge >= 0.3 is 0 Å². The second-order valence-electron chi connectivity index (χ2n) is 14.4. The van der Waals surface area contributed by atoms with Crippen molar-refractivity contribution in [3.05, 3.63) is 123 Å². The van der Waals surface area contributed by atoms with Crippen LogP contribution in [0.3, 0.4) is 0 Å². The Balaban J connectivity index is 1.45. The van der Waals surface area contributed by atoms with Crippen molar-refractivity contribution in [2.75, 3.05) is 29.4 Å². The zero-order valence-electron chi connectivity index (χ0n) is 29.6. The monoisotopic (exact) mass is 624 g/mol. The molecule has 2 aliphatic carbocycles. The van der Waals surface area contributed by atoms with Crippen LogP contribution in [0.25, 0.3) is 23.0 Å². The molecule has 3 heterocycles. The van der Waals surface area contributed by atoms with E-state index in [0.717, 1.165) is 55.8 Å². The van der Waals surface area contributed by atoms with Gasteiger partial charge in [0.15, 0.2) is 0 Å². The van der Waals surface area contributed by atoms with Gasteiger partial charge in [0.25, 0.3) is 0 Å². The lowest BCUT2D eigenvalue weighted by molar-refractivity contribution is -0.496. The lowest BCUT2D eigenvalue weighted by Crippen LogP contribution is -2.76. The third kappa shape index (κ3) is 4.91. The summed E-state index contributed by atoms with van der Waals surface area (Å²) in [5, 5.41) is 1.14. The SMILES string of the molecule is CC[NH+]=c1cc2oc3c(c(/C=C4/N(CC)c5ccccc5C4(C)C)c-2cc1C)CCCC3=CC=C1N(CC)c2ccccc2C1(C)C. The molecule has 7 rings (SSSR count). The summed E-state index contributed by atoms with van der Waals surface area (Å²) in [7, 11) is 0. The molecule has 0 aromatic heterocycles. The van der Waals surface area contributed by atoms with Crippen LogP contribution in [0, 0.1) is 6.92 Å². The van der Waals surface area contributed by atoms with E-state index < -0.39 is 0 Å². The van der Waals surface area contributed by atoms with Crippen LogP contribution >= 0.6 is 0 Å². The number of hydrogen-bond acceptors (Lipinski definition) is 3. The van der Waals surface area contributed by atoms with E-state index in [-0.39, 0.29) is 10.8 Å². The number of allylic oxidation sites excluding steroid dienone is 5. The van der Waals surface area contributed by atoms with Crippen LogP contribution in [0.4, 0.5) is 11.4 Å². The molecule has 0 unspecified atom stereocenters. The van der Waals surface area contributed by atoms with Crippen molar-refractivity contribution >= 4 is 23.0 Å². The highest BCUT2D eigenvalue weighted by Crippen LogP contribution is 2.50. The largest absolute Gasteiger partial charge is 0.456 e. The van der Waals surface area contributed by atoms with E-state index in [2.05, 4.69) is 149 Å². The summed E-state index contributed by atoms with van der Waals surface area (Å²) in [5.41, 5.74) is 14.3. The van der Waals surface area contributed by atoms with E-state index in [1.807, 2.05) is 0 Å². The van der Waals surface area contributed by atoms with Crippen LogP contribution in [0.1, 0.15) is 94.9 Å². The van der Waals surface area contributed by atoms with Crippen molar-refractivity contribution in [1.29, 1.82) is 0 Å². The van der Waals surface area contributed by atoms with Gasteiger partial charge in [0.1, 0.15) is 18.1 Å². The third-order valence-corrected chi connectivity index (χ3v) is 10.9. The topological polar surface area (TPSA) is 33.6 Å². The average Bonchev–Trinajstić information content (AvgIpc) is 3.42. The first kappa shape index (κ1) is 31.3. The fourth-order valence-electron chi connectivity index (χ4n) is 8.46. The van der Waals surface area contributed by atoms with Gasteiger partial charge in [-0.05, 0) is 99.6 Å². The van der Waals surface area contributed by atoms with Gasteiger partial charge in [0.2, 0.25) is 5.36 Å². The highest BCUT2D eigenvalue weighted by Gasteiger charge is 2.41. The number of benzene rings is 3. The molecule has 1 N–H and O–H groups in total. The summed E-state index contributed by atoms with van der Waals surface area (Å²) in [6, 6.07) is 22.4. The van der Waals surface area contributed by atoms with Crippen molar-refractivity contribution in [3.63, 3.8) is 0 Å². The molecule has 2 aromatic carbocycles. The molecule has 0 fully saturated rings. The van der Waals surface area contributed by atoms with Crippen molar-refractivity contribution < 1.29 is 9.41 Å². The summed E-state index contributed by atoms with van der Waals surface area (Å²) in [4.78, 5) is 8.57. The first-order valence-corrected chi connectivity index (χ1v) is 17.7. The van der Waals surface area contributed by atoms with Gasteiger partial charge in [-0.1, -0.05) is 70.2 Å². The zero-order valence-corrected chi connectivity index (χ0v) is 29.6. The van der Waals surface area contributed by atoms with Gasteiger partial charge in [0, 0.05) is 63.4 Å². The number of nitrogens with zero attached hydrogens (tertiary/aromatic N) is 2. The maximum absolute atomic E-state index is 7.00. The molecular weight excluding hydrogens is 574 g/mol. The van der Waals surface area contributed by atoms with E-state index in [0.29, 0.717) is 0 Å². The average molecular weight is 625 g/mol. The van der Waals surface area contributed by atoms with Crippen LogP contribution < -0.4 is 20.1 Å². The molecule has 0 radical (unpaired) electrons. The molecular formula is C43H50N3O+. The van der Waals surface area contributed by atoms with Gasteiger partial charge < -0.3 is 14.2 Å². The lowest BCUT2D eigenvalue weighted by Gasteiger charge is -2.29. The number of likely N-dealkylation sites (N-methyl/N-ethyl adjacent to an activating group) is 2. The number of rotatable bonds is 5. The number of hydrogen-bond donors (Lipinski definition) is 1. The molecule has 0 atom stereocenters. The minimum atomic E-state index is -0.109. The number of aryl methyl sites for hydroxylation is 1. The molecule has 0 amide bonds. The maximum Gasteiger partial charge on any atom is 0.204 e. The molecule has 2 aromatic rings. The van der Waals surface area contributed by atoms with Gasteiger partial charge in [-0.3, -0.25) is 0 Å². The van der Waals surface area contributed by atoms with Gasteiger partial charge in [-0.15, -0.1) is 0 Å². The molecule has 0 spiro atoms. The highest BCUT2D eigenvalue weighted by atomic mass is 16.3. The number of nitrogens with one attached hydrogen (secondary N) is 1. The minimum absolute atomic E-state index is 0.0673. The highest BCUT2D eigenvalue weighted by molar-refractivity contribution is 5.85. The van der Waals surface area contributed by atoms with E-state index in [1.54, 1.807) is 0 Å². The number of fused-ring (bicyclic) bond motifs is 4. The lowest BCUT2D eigenvalue weighted by atomic mass is 9.81. The smallest absolute Gasteiger partial charge is 0.204 e. The summed E-state index contributed by atoms with van der Waals surface area (Å²) < 4.78 is 7.00. The second kappa shape index (κ2) is 11.7. The summed E-state index contributed by atoms with van der Waals surface area (Å²) in [5.74, 6) is 1.99. The standard InChI is InChI=1S/C43H49N3O/c1-9-44-35-27-38-32(25-28(35)4)31(26-40-43(7,8)34-20-13-15-22-37(34)46(40)11-3)30-18-16-17-29(41(30)47-38)23-24-39-42(5,6)33-19-12-14-21-36(33)45(39)10-2/h12-15,19-27H,9-11,16-18H2,1-8H3/p+1/b29-23?,39-24?,40-26+,44-35?. The molecule has 3 aliphatic heterocycles. The molecule has 4 heteroatoms. The fourth-order valence-corrected chi connectivity index (χ4v) is 8.46. The first-order chi connectivity index (χ1) is 22.6. The van der Waals surface area contributed by atoms with Crippen LogP contribution in [-0.2, 0) is 17.3 Å². The van der Waals surface area contributed by atoms with E-state index in [1.165, 1.54) is 61.7 Å². The van der Waals surface area contributed by atoms with E-state index >= 15 is 0 Å². The Morgan fingerprint density at radius 1 is 0.787 bits per heavy atom. The van der Waals surface area contributed by atoms with Crippen molar-refractivity contribution in [1.82, 2.24) is 0 Å². The van der Waals surface area contributed by atoms with Gasteiger partial charge in [0.05, 0.1) is 6.07 Å². The quantitative estimate of drug-likeness (QED) is 0.243. The Kier molecular flexibility index (Phi) is 7.82. The van der Waals surface area contributed by atoms with Crippen LogP contribution in [-0.4, -0.2) is 19.6 Å².